The van der Waals surface area contributed by atoms with Crippen molar-refractivity contribution in [2.24, 2.45) is 0 Å². The quantitative estimate of drug-likeness (QED) is 0.374. The van der Waals surface area contributed by atoms with E-state index in [2.05, 4.69) is 24.3 Å². The zero-order chi connectivity index (χ0) is 23.7. The molecular formula is C24H23N3O4S2. The van der Waals surface area contributed by atoms with Gasteiger partial charge < -0.3 is 10.1 Å². The van der Waals surface area contributed by atoms with Crippen LogP contribution in [0.25, 0.3) is 16.5 Å². The second-order valence-corrected chi connectivity index (χ2v) is 9.62. The fourth-order valence-corrected chi connectivity index (χ4v) is 5.11. The van der Waals surface area contributed by atoms with Gasteiger partial charge in [0.15, 0.2) is 5.69 Å². The molecule has 0 unspecified atom stereocenters. The molecule has 170 valence electrons. The molecule has 0 aliphatic heterocycles. The van der Waals surface area contributed by atoms with Crippen molar-refractivity contribution in [3.63, 3.8) is 0 Å². The maximum absolute atomic E-state index is 13.5. The molecule has 0 fully saturated rings. The van der Waals surface area contributed by atoms with Crippen LogP contribution in [-0.2, 0) is 4.74 Å². The first-order chi connectivity index (χ1) is 15.8. The minimum Gasteiger partial charge on any atom is -0.461 e. The number of aromatic nitrogens is 2. The highest BCUT2D eigenvalue weighted by Gasteiger charge is 2.23. The molecule has 1 amide bonds. The maximum Gasteiger partial charge on any atom is 0.359 e. The molecule has 9 heteroatoms. The number of nitrogens with one attached hydrogen (secondary N) is 1. The Morgan fingerprint density at radius 2 is 1.88 bits per heavy atom. The number of ether oxygens (including phenoxy) is 1. The number of benzene rings is 1. The van der Waals surface area contributed by atoms with Gasteiger partial charge in [-0.2, -0.15) is 9.78 Å². The van der Waals surface area contributed by atoms with Crippen LogP contribution in [0.5, 0.6) is 0 Å². The van der Waals surface area contributed by atoms with E-state index in [1.807, 2.05) is 24.4 Å². The van der Waals surface area contributed by atoms with Crippen LogP contribution in [0.15, 0.2) is 45.9 Å². The molecule has 0 saturated heterocycles. The van der Waals surface area contributed by atoms with E-state index in [9.17, 15) is 14.4 Å². The Hall–Kier alpha value is -3.30. The van der Waals surface area contributed by atoms with E-state index in [-0.39, 0.29) is 23.6 Å². The molecule has 4 aromatic rings. The average Bonchev–Trinajstić information content (AvgIpc) is 3.41. The Bertz CT molecular complexity index is 1400. The molecule has 1 aromatic carbocycles. The number of carbonyl (C=O) groups is 2. The van der Waals surface area contributed by atoms with Gasteiger partial charge in [0.1, 0.15) is 5.00 Å². The van der Waals surface area contributed by atoms with Crippen LogP contribution >= 0.6 is 22.7 Å². The van der Waals surface area contributed by atoms with Crippen molar-refractivity contribution in [3.8, 4) is 5.69 Å². The third kappa shape index (κ3) is 4.46. The summed E-state index contributed by atoms with van der Waals surface area (Å²) in [7, 11) is 0. The average molecular weight is 482 g/mol. The molecule has 0 bridgehead atoms. The predicted molar refractivity (Wildman–Crippen MR) is 132 cm³/mol. The van der Waals surface area contributed by atoms with Crippen LogP contribution in [0.4, 0.5) is 5.00 Å². The molecule has 0 saturated carbocycles. The van der Waals surface area contributed by atoms with Gasteiger partial charge in [0.05, 0.1) is 22.6 Å². The van der Waals surface area contributed by atoms with Gasteiger partial charge in [-0.15, -0.1) is 22.7 Å². The highest BCUT2D eigenvalue weighted by molar-refractivity contribution is 7.16. The smallest absolute Gasteiger partial charge is 0.359 e. The Morgan fingerprint density at radius 3 is 2.48 bits per heavy atom. The lowest BCUT2D eigenvalue weighted by Gasteiger charge is -2.11. The second-order valence-electron chi connectivity index (χ2n) is 7.83. The first-order valence-electron chi connectivity index (χ1n) is 10.5. The van der Waals surface area contributed by atoms with Crippen molar-refractivity contribution in [1.82, 2.24) is 9.78 Å². The summed E-state index contributed by atoms with van der Waals surface area (Å²) < 4.78 is 6.37. The Kier molecular flexibility index (Phi) is 6.44. The summed E-state index contributed by atoms with van der Waals surface area (Å²) in [4.78, 5) is 39.5. The maximum atomic E-state index is 13.5. The normalized spacial score (nSPS) is 11.2. The molecule has 0 radical (unpaired) electrons. The molecule has 4 rings (SSSR count). The molecule has 0 spiro atoms. The van der Waals surface area contributed by atoms with E-state index in [0.29, 0.717) is 26.9 Å². The van der Waals surface area contributed by atoms with Crippen LogP contribution in [0.1, 0.15) is 58.0 Å². The lowest BCUT2D eigenvalue weighted by atomic mass is 10.0. The minimum atomic E-state index is -0.625. The van der Waals surface area contributed by atoms with Gasteiger partial charge in [-0.05, 0) is 54.5 Å². The number of thiophene rings is 2. The number of aryl methyl sites for hydroxylation is 1. The van der Waals surface area contributed by atoms with Gasteiger partial charge in [0.2, 0.25) is 0 Å². The largest absolute Gasteiger partial charge is 0.461 e. The van der Waals surface area contributed by atoms with E-state index >= 15 is 0 Å². The monoisotopic (exact) mass is 481 g/mol. The Labute approximate surface area is 198 Å². The van der Waals surface area contributed by atoms with Crippen molar-refractivity contribution >= 4 is 50.3 Å². The van der Waals surface area contributed by atoms with Crippen LogP contribution in [0.3, 0.4) is 0 Å². The van der Waals surface area contributed by atoms with E-state index in [1.54, 1.807) is 30.5 Å². The van der Waals surface area contributed by atoms with E-state index in [1.165, 1.54) is 27.4 Å². The highest BCUT2D eigenvalue weighted by atomic mass is 32.1. The van der Waals surface area contributed by atoms with E-state index in [4.69, 9.17) is 4.74 Å². The van der Waals surface area contributed by atoms with Crippen molar-refractivity contribution < 1.29 is 14.3 Å². The topological polar surface area (TPSA) is 90.3 Å². The number of amides is 1. The number of hydrogen-bond donors (Lipinski definition) is 1. The number of rotatable bonds is 6. The summed E-state index contributed by atoms with van der Waals surface area (Å²) in [5, 5.41) is 11.7. The van der Waals surface area contributed by atoms with Crippen LogP contribution in [0, 0.1) is 6.92 Å². The number of fused-ring (bicyclic) bond motifs is 1. The molecule has 0 atom stereocenters. The van der Waals surface area contributed by atoms with Crippen LogP contribution < -0.4 is 10.9 Å². The predicted octanol–water partition coefficient (Wildman–Crippen LogP) is 5.37. The first-order valence-corrected chi connectivity index (χ1v) is 12.2. The molecule has 3 aromatic heterocycles. The zero-order valence-electron chi connectivity index (χ0n) is 18.7. The van der Waals surface area contributed by atoms with Gasteiger partial charge in [0.25, 0.3) is 11.5 Å². The third-order valence-electron chi connectivity index (χ3n) is 5.11. The summed E-state index contributed by atoms with van der Waals surface area (Å²) in [6, 6.07) is 9.23. The van der Waals surface area contributed by atoms with Gasteiger partial charge >= 0.3 is 5.97 Å². The summed E-state index contributed by atoms with van der Waals surface area (Å²) in [5.41, 5.74) is 2.24. The van der Waals surface area contributed by atoms with Crippen molar-refractivity contribution in [1.29, 1.82) is 0 Å². The molecule has 7 nitrogen and oxygen atoms in total. The van der Waals surface area contributed by atoms with Crippen molar-refractivity contribution in [2.45, 2.75) is 33.6 Å². The van der Waals surface area contributed by atoms with E-state index < -0.39 is 11.5 Å². The second kappa shape index (κ2) is 9.29. The van der Waals surface area contributed by atoms with Gasteiger partial charge in [-0.25, -0.2) is 4.79 Å². The lowest BCUT2D eigenvalue weighted by molar-refractivity contribution is 0.0520. The first kappa shape index (κ1) is 22.9. The fraction of sp³-hybridized carbons (Fsp3) is 0.250. The Morgan fingerprint density at radius 1 is 1.15 bits per heavy atom. The van der Waals surface area contributed by atoms with Gasteiger partial charge in [0, 0.05) is 10.8 Å². The standard InChI is InChI=1S/C24H23N3O4S2/c1-5-31-24(30)20-17-12-33-22(25-21(28)18-10-14(4)11-32-18)19(17)23(29)27(26-20)16-8-6-15(7-9-16)13(2)3/h6-13H,5H2,1-4H3,(H,25,28). The number of carbonyl (C=O) groups excluding carboxylic acids is 2. The van der Waals surface area contributed by atoms with Gasteiger partial charge in [-0.3, -0.25) is 9.59 Å². The molecule has 33 heavy (non-hydrogen) atoms. The van der Waals surface area contributed by atoms with Gasteiger partial charge in [-0.1, -0.05) is 26.0 Å². The molecule has 1 N–H and O–H groups in total. The summed E-state index contributed by atoms with van der Waals surface area (Å²) in [6.45, 7) is 7.96. The zero-order valence-corrected chi connectivity index (χ0v) is 20.3. The number of esters is 1. The summed E-state index contributed by atoms with van der Waals surface area (Å²) >= 11 is 2.51. The van der Waals surface area contributed by atoms with Crippen molar-refractivity contribution in [2.75, 3.05) is 11.9 Å². The number of nitrogens with zero attached hydrogens (tertiary/aromatic N) is 2. The fourth-order valence-electron chi connectivity index (χ4n) is 3.38. The lowest BCUT2D eigenvalue weighted by Crippen LogP contribution is -2.25. The molecule has 0 aliphatic rings. The summed E-state index contributed by atoms with van der Waals surface area (Å²) in [6.07, 6.45) is 0. The SMILES string of the molecule is CCOC(=O)c1nn(-c2ccc(C(C)C)cc2)c(=O)c2c(NC(=O)c3cc(C)cs3)scc12. The van der Waals surface area contributed by atoms with Crippen molar-refractivity contribution in [3.05, 3.63) is 73.1 Å². The van der Waals surface area contributed by atoms with E-state index in [0.717, 1.165) is 11.1 Å². The molecule has 0 aliphatic carbocycles. The Balaban J connectivity index is 1.87. The summed E-state index contributed by atoms with van der Waals surface area (Å²) in [5.74, 6) is -0.598. The molecule has 3 heterocycles. The van der Waals surface area contributed by atoms with Crippen LogP contribution in [0.2, 0.25) is 0 Å². The third-order valence-corrected chi connectivity index (χ3v) is 7.05. The molecular weight excluding hydrogens is 458 g/mol. The minimum absolute atomic E-state index is 0.0307. The number of anilines is 1. The number of hydrogen-bond acceptors (Lipinski definition) is 7. The highest BCUT2D eigenvalue weighted by Crippen LogP contribution is 2.31. The van der Waals surface area contributed by atoms with Crippen LogP contribution in [-0.4, -0.2) is 28.3 Å².